The molecule has 0 aliphatic carbocycles. The van der Waals surface area contributed by atoms with E-state index in [9.17, 15) is 9.59 Å². The third-order valence-electron chi connectivity index (χ3n) is 5.34. The lowest BCUT2D eigenvalue weighted by atomic mass is 10.1. The zero-order valence-corrected chi connectivity index (χ0v) is 17.2. The minimum atomic E-state index is 0.113. The molecule has 5 nitrogen and oxygen atoms in total. The van der Waals surface area contributed by atoms with Crippen LogP contribution in [0.4, 0.5) is 0 Å². The van der Waals surface area contributed by atoms with Gasteiger partial charge in [-0.05, 0) is 55.5 Å². The Kier molecular flexibility index (Phi) is 7.76. The predicted octanol–water partition coefficient (Wildman–Crippen LogP) is 4.02. The number of nitrogens with zero attached hydrogens (tertiary/aromatic N) is 1. The highest BCUT2D eigenvalue weighted by Crippen LogP contribution is 2.16. The molecule has 0 aliphatic rings. The smallest absolute Gasteiger partial charge is 0.168 e. The maximum atomic E-state index is 12.5. The van der Waals surface area contributed by atoms with E-state index in [4.69, 9.17) is 9.47 Å². The van der Waals surface area contributed by atoms with E-state index in [1.807, 2.05) is 0 Å². The van der Waals surface area contributed by atoms with E-state index in [-0.39, 0.29) is 11.6 Å². The van der Waals surface area contributed by atoms with Crippen LogP contribution in [0.1, 0.15) is 40.5 Å². The number of quaternary nitrogens is 1. The van der Waals surface area contributed by atoms with E-state index < -0.39 is 0 Å². The van der Waals surface area contributed by atoms with Gasteiger partial charge in [0, 0.05) is 11.1 Å². The quantitative estimate of drug-likeness (QED) is 0.434. The first kappa shape index (κ1) is 21.6. The Morgan fingerprint density at radius 2 is 1.11 bits per heavy atom. The van der Waals surface area contributed by atoms with Crippen LogP contribution in [0.3, 0.4) is 0 Å². The monoisotopic (exact) mass is 384 g/mol. The summed E-state index contributed by atoms with van der Waals surface area (Å²) >= 11 is 0. The molecular formula is C23H30NO4+. The summed E-state index contributed by atoms with van der Waals surface area (Å²) in [6, 6.07) is 14.4. The van der Waals surface area contributed by atoms with Crippen molar-refractivity contribution in [2.45, 2.75) is 19.8 Å². The fourth-order valence-electron chi connectivity index (χ4n) is 3.01. The number of rotatable bonds is 11. The minimum Gasteiger partial charge on any atom is -0.497 e. The second-order valence-electron chi connectivity index (χ2n) is 7.19. The molecule has 28 heavy (non-hydrogen) atoms. The third-order valence-corrected chi connectivity index (χ3v) is 5.34. The van der Waals surface area contributed by atoms with Crippen molar-refractivity contribution >= 4 is 11.6 Å². The van der Waals surface area contributed by atoms with Crippen LogP contribution < -0.4 is 9.47 Å². The summed E-state index contributed by atoms with van der Waals surface area (Å²) in [6.45, 7) is 4.37. The molecule has 0 radical (unpaired) electrons. The van der Waals surface area contributed by atoms with Gasteiger partial charge in [0.05, 0.1) is 53.7 Å². The molecule has 0 spiro atoms. The number of Topliss-reactive ketones (excluding diaryl/α,β-unsaturated/α-hetero) is 2. The molecule has 0 heterocycles. The van der Waals surface area contributed by atoms with Crippen molar-refractivity contribution in [2.24, 2.45) is 0 Å². The number of hydrogen-bond donors (Lipinski definition) is 0. The van der Waals surface area contributed by atoms with Crippen LogP contribution >= 0.6 is 0 Å². The highest BCUT2D eigenvalue weighted by molar-refractivity contribution is 5.96. The summed E-state index contributed by atoms with van der Waals surface area (Å²) in [7, 11) is 5.31. The Morgan fingerprint density at radius 3 is 1.39 bits per heavy atom. The number of carbonyl (C=O) groups excluding carboxylic acids is 2. The lowest BCUT2D eigenvalue weighted by Gasteiger charge is -2.33. The van der Waals surface area contributed by atoms with Crippen LogP contribution in [0.25, 0.3) is 0 Å². The first-order valence-electron chi connectivity index (χ1n) is 9.59. The van der Waals surface area contributed by atoms with Crippen molar-refractivity contribution in [3.05, 3.63) is 59.7 Å². The number of ketones is 2. The fraction of sp³-hybridized carbons (Fsp3) is 0.391. The fourth-order valence-corrected chi connectivity index (χ4v) is 3.01. The number of hydrogen-bond acceptors (Lipinski definition) is 4. The molecule has 0 unspecified atom stereocenters. The van der Waals surface area contributed by atoms with Gasteiger partial charge in [0.1, 0.15) is 11.5 Å². The molecule has 0 aliphatic heterocycles. The van der Waals surface area contributed by atoms with E-state index in [0.717, 1.165) is 18.0 Å². The van der Waals surface area contributed by atoms with Crippen LogP contribution in [0.5, 0.6) is 11.5 Å². The summed E-state index contributed by atoms with van der Waals surface area (Å²) < 4.78 is 10.9. The van der Waals surface area contributed by atoms with Gasteiger partial charge in [-0.1, -0.05) is 0 Å². The van der Waals surface area contributed by atoms with Crippen LogP contribution in [0.2, 0.25) is 0 Å². The number of ether oxygens (including phenoxy) is 2. The summed E-state index contributed by atoms with van der Waals surface area (Å²) in [5.74, 6) is 1.70. The summed E-state index contributed by atoms with van der Waals surface area (Å²) in [5.41, 5.74) is 1.38. The van der Waals surface area contributed by atoms with Gasteiger partial charge in [-0.15, -0.1) is 0 Å². The molecular weight excluding hydrogens is 354 g/mol. The van der Waals surface area contributed by atoms with Gasteiger partial charge in [0.15, 0.2) is 11.6 Å². The normalized spacial score (nSPS) is 11.1. The van der Waals surface area contributed by atoms with Gasteiger partial charge in [-0.2, -0.15) is 0 Å². The first-order chi connectivity index (χ1) is 13.4. The van der Waals surface area contributed by atoms with Crippen LogP contribution in [0.15, 0.2) is 48.5 Å². The molecule has 0 fully saturated rings. The molecule has 0 aromatic heterocycles. The van der Waals surface area contributed by atoms with Crippen molar-refractivity contribution in [1.82, 2.24) is 0 Å². The van der Waals surface area contributed by atoms with Crippen molar-refractivity contribution < 1.29 is 23.5 Å². The van der Waals surface area contributed by atoms with E-state index in [1.54, 1.807) is 62.8 Å². The highest BCUT2D eigenvalue weighted by atomic mass is 16.5. The van der Waals surface area contributed by atoms with Crippen molar-refractivity contribution in [3.8, 4) is 11.5 Å². The Bertz CT molecular complexity index is 718. The Balaban J connectivity index is 1.90. The maximum absolute atomic E-state index is 12.5. The summed E-state index contributed by atoms with van der Waals surface area (Å²) in [5, 5.41) is 0. The molecule has 150 valence electrons. The van der Waals surface area contributed by atoms with Gasteiger partial charge in [0.2, 0.25) is 0 Å². The molecule has 0 bridgehead atoms. The molecule has 2 rings (SSSR count). The Labute approximate surface area is 167 Å². The zero-order valence-electron chi connectivity index (χ0n) is 17.2. The van der Waals surface area contributed by atoms with E-state index >= 15 is 0 Å². The minimum absolute atomic E-state index is 0.113. The van der Waals surface area contributed by atoms with Crippen molar-refractivity contribution in [1.29, 1.82) is 0 Å². The second kappa shape index (κ2) is 10.0. The molecule has 2 aromatic carbocycles. The van der Waals surface area contributed by atoms with Gasteiger partial charge >= 0.3 is 0 Å². The third kappa shape index (κ3) is 5.92. The van der Waals surface area contributed by atoms with Crippen LogP contribution in [-0.4, -0.2) is 57.0 Å². The molecule has 0 N–H and O–H groups in total. The van der Waals surface area contributed by atoms with Gasteiger partial charge in [0.25, 0.3) is 0 Å². The van der Waals surface area contributed by atoms with Crippen molar-refractivity contribution in [3.63, 3.8) is 0 Å². The summed E-state index contributed by atoms with van der Waals surface area (Å²) in [4.78, 5) is 25.0. The largest absolute Gasteiger partial charge is 0.497 e. The Hall–Kier alpha value is -2.66. The highest BCUT2D eigenvalue weighted by Gasteiger charge is 2.23. The molecule has 0 saturated carbocycles. The van der Waals surface area contributed by atoms with Crippen LogP contribution in [0, 0.1) is 0 Å². The predicted molar refractivity (Wildman–Crippen MR) is 110 cm³/mol. The van der Waals surface area contributed by atoms with E-state index in [1.165, 1.54) is 0 Å². The lowest BCUT2D eigenvalue weighted by Crippen LogP contribution is -2.46. The number of methoxy groups -OCH3 is 2. The van der Waals surface area contributed by atoms with Gasteiger partial charge in [-0.25, -0.2) is 0 Å². The first-order valence-corrected chi connectivity index (χ1v) is 9.59. The molecule has 0 amide bonds. The average Bonchev–Trinajstić information content (AvgIpc) is 2.76. The molecule has 2 aromatic rings. The average molecular weight is 384 g/mol. The number of benzene rings is 2. The van der Waals surface area contributed by atoms with Gasteiger partial charge in [-0.3, -0.25) is 9.59 Å². The second-order valence-corrected chi connectivity index (χ2v) is 7.19. The standard InChI is InChI=1S/C23H30NO4/c1-5-24(2,16-14-22(25)18-6-10-20(27-3)11-7-18)17-15-23(26)19-8-12-21(28-4)13-9-19/h6-13H,5,14-17H2,1-4H3/q+1. The SMILES string of the molecule is CC[N+](C)(CCC(=O)c1ccc(OC)cc1)CCC(=O)c1ccc(OC)cc1. The topological polar surface area (TPSA) is 52.6 Å². The van der Waals surface area contributed by atoms with E-state index in [0.29, 0.717) is 41.5 Å². The molecule has 5 heteroatoms. The van der Waals surface area contributed by atoms with Crippen LogP contribution in [-0.2, 0) is 0 Å². The number of carbonyl (C=O) groups is 2. The van der Waals surface area contributed by atoms with E-state index in [2.05, 4.69) is 14.0 Å². The zero-order chi connectivity index (χ0) is 20.6. The summed E-state index contributed by atoms with van der Waals surface area (Å²) in [6.07, 6.45) is 0.904. The molecule has 0 saturated heterocycles. The molecule has 0 atom stereocenters. The lowest BCUT2D eigenvalue weighted by molar-refractivity contribution is -0.906. The maximum Gasteiger partial charge on any atom is 0.168 e. The van der Waals surface area contributed by atoms with Gasteiger partial charge < -0.3 is 14.0 Å². The Morgan fingerprint density at radius 1 is 0.750 bits per heavy atom. The van der Waals surface area contributed by atoms with Crippen molar-refractivity contribution in [2.75, 3.05) is 40.9 Å².